The minimum absolute atomic E-state index is 0.271. The molecule has 0 unspecified atom stereocenters. The lowest BCUT2D eigenvalue weighted by Crippen LogP contribution is -1.77. The second kappa shape index (κ2) is 2.26. The summed E-state index contributed by atoms with van der Waals surface area (Å²) >= 11 is 0. The molecule has 0 aromatic heterocycles. The Hall–Kier alpha value is -0.990. The van der Waals surface area contributed by atoms with Crippen LogP contribution in [0.1, 0.15) is 0 Å². The SMILES string of the molecule is O=[C]/C(O)=C/O. The molecule has 0 aliphatic heterocycles. The van der Waals surface area contributed by atoms with E-state index in [0.717, 1.165) is 6.29 Å². The summed E-state index contributed by atoms with van der Waals surface area (Å²) < 4.78 is 0. The van der Waals surface area contributed by atoms with Gasteiger partial charge >= 0.3 is 0 Å². The van der Waals surface area contributed by atoms with Gasteiger partial charge in [-0.05, 0) is 0 Å². The average Bonchev–Trinajstić information content (AvgIpc) is 1.65. The van der Waals surface area contributed by atoms with Crippen LogP contribution >= 0.6 is 0 Å². The molecule has 0 bridgehead atoms. The largest absolute Gasteiger partial charge is 0.512 e. The molecule has 0 saturated carbocycles. The highest BCUT2D eigenvalue weighted by Gasteiger charge is 1.81. The van der Waals surface area contributed by atoms with E-state index < -0.39 is 5.76 Å². The van der Waals surface area contributed by atoms with E-state index in [0.29, 0.717) is 0 Å². The van der Waals surface area contributed by atoms with Crippen molar-refractivity contribution in [2.24, 2.45) is 0 Å². The molecule has 0 spiro atoms. The maximum Gasteiger partial charge on any atom is 0.274 e. The summed E-state index contributed by atoms with van der Waals surface area (Å²) in [5.74, 6) is -0.782. The molecular weight excluding hydrogens is 84.0 g/mol. The predicted octanol–water partition coefficient (Wildman–Crippen LogP) is 0.0535. The summed E-state index contributed by atoms with van der Waals surface area (Å²) in [6.45, 7) is 0. The van der Waals surface area contributed by atoms with Gasteiger partial charge < -0.3 is 10.2 Å². The van der Waals surface area contributed by atoms with Crippen LogP contribution in [0.25, 0.3) is 0 Å². The Kier molecular flexibility index (Phi) is 1.89. The van der Waals surface area contributed by atoms with Crippen LogP contribution in [0, 0.1) is 0 Å². The van der Waals surface area contributed by atoms with Gasteiger partial charge in [0.1, 0.15) is 6.26 Å². The molecule has 0 aliphatic carbocycles. The summed E-state index contributed by atoms with van der Waals surface area (Å²) in [6, 6.07) is 0. The van der Waals surface area contributed by atoms with Crippen LogP contribution in [0.4, 0.5) is 0 Å². The van der Waals surface area contributed by atoms with Gasteiger partial charge in [-0.2, -0.15) is 0 Å². The molecule has 3 nitrogen and oxygen atoms in total. The van der Waals surface area contributed by atoms with E-state index in [4.69, 9.17) is 15.0 Å². The third-order valence-electron chi connectivity index (χ3n) is 0.227. The lowest BCUT2D eigenvalue weighted by Gasteiger charge is -1.72. The minimum Gasteiger partial charge on any atom is -0.512 e. The predicted molar refractivity (Wildman–Crippen MR) is 19.0 cm³/mol. The van der Waals surface area contributed by atoms with E-state index in [-0.39, 0.29) is 6.26 Å². The Morgan fingerprint density at radius 1 is 1.83 bits per heavy atom. The fourth-order valence-electron chi connectivity index (χ4n) is 0.0264. The fourth-order valence-corrected chi connectivity index (χ4v) is 0.0264. The number of hydrogen-bond donors (Lipinski definition) is 2. The normalized spacial score (nSPS) is 11.0. The molecule has 0 aromatic carbocycles. The lowest BCUT2D eigenvalue weighted by atomic mass is 10.6. The van der Waals surface area contributed by atoms with Gasteiger partial charge in [0.25, 0.3) is 6.29 Å². The highest BCUT2D eigenvalue weighted by atomic mass is 16.3. The number of aliphatic hydroxyl groups excluding tert-OH is 2. The third kappa shape index (κ3) is 1.34. The number of allylic oxidation sites excluding steroid dienone is 1. The summed E-state index contributed by atoms with van der Waals surface area (Å²) in [4.78, 5) is 9.13. The molecule has 0 aromatic rings. The van der Waals surface area contributed by atoms with Crippen molar-refractivity contribution in [3.05, 3.63) is 12.0 Å². The smallest absolute Gasteiger partial charge is 0.274 e. The van der Waals surface area contributed by atoms with Gasteiger partial charge in [-0.1, -0.05) is 0 Å². The van der Waals surface area contributed by atoms with Crippen molar-refractivity contribution in [3.63, 3.8) is 0 Å². The highest BCUT2D eigenvalue weighted by molar-refractivity contribution is 5.69. The topological polar surface area (TPSA) is 57.5 Å². The summed E-state index contributed by atoms with van der Waals surface area (Å²) in [6.07, 6.45) is 1.30. The van der Waals surface area contributed by atoms with Crippen LogP contribution in [0.5, 0.6) is 0 Å². The first-order valence-electron chi connectivity index (χ1n) is 1.22. The van der Waals surface area contributed by atoms with Gasteiger partial charge in [-0.25, -0.2) is 0 Å². The van der Waals surface area contributed by atoms with Crippen LogP contribution in [-0.4, -0.2) is 16.5 Å². The van der Waals surface area contributed by atoms with Crippen molar-refractivity contribution in [2.45, 2.75) is 0 Å². The van der Waals surface area contributed by atoms with Crippen molar-refractivity contribution in [1.29, 1.82) is 0 Å². The van der Waals surface area contributed by atoms with Crippen LogP contribution in [0.15, 0.2) is 12.0 Å². The number of carbonyl (C=O) groups excluding carboxylic acids is 1. The molecule has 33 valence electrons. The summed E-state index contributed by atoms with van der Waals surface area (Å²) in [7, 11) is 0. The molecule has 0 rings (SSSR count). The Labute approximate surface area is 34.5 Å². The number of hydrogen-bond acceptors (Lipinski definition) is 3. The molecule has 0 aliphatic rings. The molecule has 2 N–H and O–H groups in total. The average molecular weight is 87.1 g/mol. The molecule has 0 atom stereocenters. The van der Waals surface area contributed by atoms with Crippen LogP contribution in [-0.2, 0) is 4.79 Å². The molecule has 3 heteroatoms. The maximum atomic E-state index is 9.13. The highest BCUT2D eigenvalue weighted by Crippen LogP contribution is 1.71. The quantitative estimate of drug-likeness (QED) is 0.351. The zero-order chi connectivity index (χ0) is 4.99. The second-order valence-corrected chi connectivity index (χ2v) is 0.616. The van der Waals surface area contributed by atoms with E-state index in [1.165, 1.54) is 0 Å². The van der Waals surface area contributed by atoms with Gasteiger partial charge in [0, 0.05) is 0 Å². The van der Waals surface area contributed by atoms with E-state index in [9.17, 15) is 0 Å². The Balaban J connectivity index is 3.50. The molecular formula is C3H3O3. The summed E-state index contributed by atoms with van der Waals surface area (Å²) in [5, 5.41) is 15.5. The fraction of sp³-hybridized carbons (Fsp3) is 0. The van der Waals surface area contributed by atoms with Crippen molar-refractivity contribution >= 4 is 6.29 Å². The van der Waals surface area contributed by atoms with Crippen LogP contribution < -0.4 is 0 Å². The van der Waals surface area contributed by atoms with Gasteiger partial charge in [0.2, 0.25) is 5.76 Å². The van der Waals surface area contributed by atoms with E-state index >= 15 is 0 Å². The van der Waals surface area contributed by atoms with Crippen LogP contribution in [0.2, 0.25) is 0 Å². The molecule has 6 heavy (non-hydrogen) atoms. The zero-order valence-corrected chi connectivity index (χ0v) is 2.88. The van der Waals surface area contributed by atoms with E-state index in [1.807, 2.05) is 0 Å². The van der Waals surface area contributed by atoms with Gasteiger partial charge in [0.15, 0.2) is 0 Å². The minimum atomic E-state index is -0.782. The van der Waals surface area contributed by atoms with Gasteiger partial charge in [0.05, 0.1) is 0 Å². The first-order chi connectivity index (χ1) is 2.81. The number of aliphatic hydroxyl groups is 2. The molecule has 0 saturated heterocycles. The lowest BCUT2D eigenvalue weighted by molar-refractivity contribution is 0.378. The van der Waals surface area contributed by atoms with Crippen molar-refractivity contribution in [2.75, 3.05) is 0 Å². The molecule has 0 heterocycles. The second-order valence-electron chi connectivity index (χ2n) is 0.616. The van der Waals surface area contributed by atoms with Gasteiger partial charge in [-0.15, -0.1) is 0 Å². The van der Waals surface area contributed by atoms with E-state index in [2.05, 4.69) is 0 Å². The monoisotopic (exact) mass is 87.0 g/mol. The molecule has 1 radical (unpaired) electrons. The van der Waals surface area contributed by atoms with Gasteiger partial charge in [-0.3, -0.25) is 4.79 Å². The summed E-state index contributed by atoms with van der Waals surface area (Å²) in [5.41, 5.74) is 0. The molecule has 0 amide bonds. The third-order valence-corrected chi connectivity index (χ3v) is 0.227. The van der Waals surface area contributed by atoms with Crippen molar-refractivity contribution in [3.8, 4) is 0 Å². The maximum absolute atomic E-state index is 9.13. The van der Waals surface area contributed by atoms with Crippen LogP contribution in [0.3, 0.4) is 0 Å². The number of rotatable bonds is 1. The first kappa shape index (κ1) is 5.01. The Morgan fingerprint density at radius 2 is 2.33 bits per heavy atom. The first-order valence-corrected chi connectivity index (χ1v) is 1.22. The van der Waals surface area contributed by atoms with E-state index in [1.54, 1.807) is 0 Å². The zero-order valence-electron chi connectivity index (χ0n) is 2.88. The standard InChI is InChI=1S/C3H3O3/c4-1-3(6)2-5/h1,4,6H/b3-1-. The Morgan fingerprint density at radius 3 is 2.33 bits per heavy atom. The Bertz CT molecular complexity index is 74.1. The van der Waals surface area contributed by atoms with Crippen molar-refractivity contribution in [1.82, 2.24) is 0 Å². The van der Waals surface area contributed by atoms with Crippen molar-refractivity contribution < 1.29 is 15.0 Å². The molecule has 0 fully saturated rings.